The standard InChI is InChI=1S/C31H29N5O2S/c1-3-4-8-22-11-13-24(14-12-22)36-34-27-19-21(2)26(20-28(27)35-36)32-31(39)33-30(37)18-16-25-15-17-29(38-25)23-9-6-5-7-10-23/h5-7,9-20H,3-4,8H2,1-2H3,(H2,32,33,37,39)/b18-16+. The summed E-state index contributed by atoms with van der Waals surface area (Å²) in [6.45, 7) is 4.15. The molecule has 2 aromatic heterocycles. The summed E-state index contributed by atoms with van der Waals surface area (Å²) in [5.74, 6) is 0.944. The molecule has 0 saturated carbocycles. The van der Waals surface area contributed by atoms with E-state index in [1.54, 1.807) is 10.9 Å². The number of thiocarbonyl (C=S) groups is 1. The van der Waals surface area contributed by atoms with Crippen LogP contribution < -0.4 is 10.6 Å². The molecule has 0 fully saturated rings. The highest BCUT2D eigenvalue weighted by atomic mass is 32.1. The molecule has 0 unspecified atom stereocenters. The first-order chi connectivity index (χ1) is 19.0. The largest absolute Gasteiger partial charge is 0.457 e. The lowest BCUT2D eigenvalue weighted by atomic mass is 10.1. The highest BCUT2D eigenvalue weighted by Crippen LogP contribution is 2.23. The SMILES string of the molecule is CCCCc1ccc(-n2nc3cc(C)c(NC(=S)NC(=O)/C=C/c4ccc(-c5ccccc5)o4)cc3n2)cc1. The first-order valence-corrected chi connectivity index (χ1v) is 13.3. The third-order valence-electron chi connectivity index (χ3n) is 6.28. The van der Waals surface area contributed by atoms with E-state index in [9.17, 15) is 4.79 Å². The zero-order valence-electron chi connectivity index (χ0n) is 21.8. The van der Waals surface area contributed by atoms with Crippen molar-refractivity contribution in [3.05, 3.63) is 102 Å². The maximum Gasteiger partial charge on any atom is 0.250 e. The van der Waals surface area contributed by atoms with Gasteiger partial charge in [-0.1, -0.05) is 55.8 Å². The van der Waals surface area contributed by atoms with Gasteiger partial charge < -0.3 is 9.73 Å². The fourth-order valence-electron chi connectivity index (χ4n) is 4.16. The lowest BCUT2D eigenvalue weighted by molar-refractivity contribution is -0.115. The second-order valence-electron chi connectivity index (χ2n) is 9.26. The fraction of sp³-hybridized carbons (Fsp3) is 0.161. The maximum atomic E-state index is 12.4. The molecule has 3 aromatic carbocycles. The molecule has 0 radical (unpaired) electrons. The van der Waals surface area contributed by atoms with Crippen LogP contribution in [0.3, 0.4) is 0 Å². The van der Waals surface area contributed by atoms with Crippen molar-refractivity contribution in [2.24, 2.45) is 0 Å². The van der Waals surface area contributed by atoms with E-state index >= 15 is 0 Å². The number of aromatic nitrogens is 3. The van der Waals surface area contributed by atoms with Crippen molar-refractivity contribution in [2.45, 2.75) is 33.1 Å². The van der Waals surface area contributed by atoms with Crippen molar-refractivity contribution >= 4 is 46.0 Å². The number of hydrogen-bond acceptors (Lipinski definition) is 5. The number of nitrogens with one attached hydrogen (secondary N) is 2. The molecule has 0 atom stereocenters. The summed E-state index contributed by atoms with van der Waals surface area (Å²) in [6.07, 6.45) is 6.42. The van der Waals surface area contributed by atoms with Crippen molar-refractivity contribution < 1.29 is 9.21 Å². The molecule has 5 rings (SSSR count). The summed E-state index contributed by atoms with van der Waals surface area (Å²) in [6, 6.07) is 25.6. The average Bonchev–Trinajstić information content (AvgIpc) is 3.59. The van der Waals surface area contributed by atoms with Gasteiger partial charge in [0.15, 0.2) is 5.11 Å². The average molecular weight is 536 g/mol. The van der Waals surface area contributed by atoms with Crippen LogP contribution in [0, 0.1) is 6.92 Å². The molecule has 0 bridgehead atoms. The zero-order chi connectivity index (χ0) is 27.2. The van der Waals surface area contributed by atoms with Crippen LogP contribution in [0.2, 0.25) is 0 Å². The summed E-state index contributed by atoms with van der Waals surface area (Å²) in [5.41, 5.74) is 6.36. The van der Waals surface area contributed by atoms with Gasteiger partial charge in [0.25, 0.3) is 0 Å². The van der Waals surface area contributed by atoms with Gasteiger partial charge >= 0.3 is 0 Å². The molecule has 5 aromatic rings. The van der Waals surface area contributed by atoms with Gasteiger partial charge in [0.1, 0.15) is 22.6 Å². The molecule has 7 nitrogen and oxygen atoms in total. The Morgan fingerprint density at radius 2 is 1.74 bits per heavy atom. The third-order valence-corrected chi connectivity index (χ3v) is 6.49. The summed E-state index contributed by atoms with van der Waals surface area (Å²) in [5, 5.41) is 15.2. The Kier molecular flexibility index (Phi) is 7.94. The van der Waals surface area contributed by atoms with Gasteiger partial charge in [-0.3, -0.25) is 10.1 Å². The van der Waals surface area contributed by atoms with Crippen molar-refractivity contribution in [2.75, 3.05) is 5.32 Å². The van der Waals surface area contributed by atoms with Gasteiger partial charge in [0.2, 0.25) is 5.91 Å². The number of unbranched alkanes of at least 4 members (excludes halogenated alkanes) is 1. The number of carbonyl (C=O) groups is 1. The molecule has 196 valence electrons. The van der Waals surface area contributed by atoms with Crippen LogP contribution in [0.1, 0.15) is 36.7 Å². The fourth-order valence-corrected chi connectivity index (χ4v) is 4.37. The second-order valence-corrected chi connectivity index (χ2v) is 9.67. The molecule has 8 heteroatoms. The van der Waals surface area contributed by atoms with Crippen molar-refractivity contribution in [1.82, 2.24) is 20.3 Å². The topological polar surface area (TPSA) is 85.0 Å². The molecule has 0 aliphatic heterocycles. The molecule has 2 N–H and O–H groups in total. The van der Waals surface area contributed by atoms with Crippen molar-refractivity contribution in [1.29, 1.82) is 0 Å². The minimum Gasteiger partial charge on any atom is -0.457 e. The monoisotopic (exact) mass is 535 g/mol. The number of fused-ring (bicyclic) bond motifs is 1. The number of aryl methyl sites for hydroxylation is 2. The smallest absolute Gasteiger partial charge is 0.250 e. The number of hydrogen-bond donors (Lipinski definition) is 2. The van der Waals surface area contributed by atoms with Gasteiger partial charge in [0, 0.05) is 17.3 Å². The van der Waals surface area contributed by atoms with Gasteiger partial charge in [-0.25, -0.2) is 0 Å². The van der Waals surface area contributed by atoms with Crippen LogP contribution in [0.15, 0.2) is 89.4 Å². The molecule has 0 saturated heterocycles. The summed E-state index contributed by atoms with van der Waals surface area (Å²) in [4.78, 5) is 14.1. The van der Waals surface area contributed by atoms with E-state index in [-0.39, 0.29) is 11.0 Å². The summed E-state index contributed by atoms with van der Waals surface area (Å²) < 4.78 is 5.80. The van der Waals surface area contributed by atoms with Gasteiger partial charge in [-0.2, -0.15) is 4.80 Å². The first kappa shape index (κ1) is 26.1. The Morgan fingerprint density at radius 3 is 2.49 bits per heavy atom. The number of benzene rings is 3. The Morgan fingerprint density at radius 1 is 1.00 bits per heavy atom. The Hall–Kier alpha value is -4.56. The molecule has 2 heterocycles. The minimum absolute atomic E-state index is 0.187. The van der Waals surface area contributed by atoms with Crippen LogP contribution in [0.4, 0.5) is 5.69 Å². The number of anilines is 1. The maximum absolute atomic E-state index is 12.4. The predicted molar refractivity (Wildman–Crippen MR) is 160 cm³/mol. The third kappa shape index (κ3) is 6.48. The highest BCUT2D eigenvalue weighted by molar-refractivity contribution is 7.80. The Labute approximate surface area is 232 Å². The minimum atomic E-state index is -0.364. The van der Waals surface area contributed by atoms with Gasteiger partial charge in [-0.05, 0) is 85.6 Å². The van der Waals surface area contributed by atoms with Crippen LogP contribution in [-0.4, -0.2) is 26.0 Å². The van der Waals surface area contributed by atoms with Crippen LogP contribution in [0.5, 0.6) is 0 Å². The highest BCUT2D eigenvalue weighted by Gasteiger charge is 2.11. The normalized spacial score (nSPS) is 11.2. The first-order valence-electron chi connectivity index (χ1n) is 12.9. The lowest BCUT2D eigenvalue weighted by Gasteiger charge is -2.10. The number of nitrogens with zero attached hydrogens (tertiary/aromatic N) is 3. The van der Waals surface area contributed by atoms with E-state index in [1.807, 2.05) is 73.7 Å². The Balaban J connectivity index is 1.21. The van der Waals surface area contributed by atoms with Crippen LogP contribution >= 0.6 is 12.2 Å². The van der Waals surface area contributed by atoms with E-state index in [1.165, 1.54) is 24.5 Å². The molecule has 1 amide bonds. The van der Waals surface area contributed by atoms with Crippen LogP contribution in [-0.2, 0) is 11.2 Å². The quantitative estimate of drug-likeness (QED) is 0.167. The van der Waals surface area contributed by atoms with E-state index in [2.05, 4.69) is 39.9 Å². The lowest BCUT2D eigenvalue weighted by Crippen LogP contribution is -2.33. The molecular weight excluding hydrogens is 506 g/mol. The zero-order valence-corrected chi connectivity index (χ0v) is 22.7. The van der Waals surface area contributed by atoms with E-state index in [4.69, 9.17) is 16.6 Å². The molecule has 0 aliphatic carbocycles. The molecule has 39 heavy (non-hydrogen) atoms. The number of amides is 1. The molecular formula is C31H29N5O2S. The van der Waals surface area contributed by atoms with Crippen molar-refractivity contribution in [3.8, 4) is 17.0 Å². The summed E-state index contributed by atoms with van der Waals surface area (Å²) >= 11 is 5.38. The number of carbonyl (C=O) groups excluding carboxylic acids is 1. The molecule has 0 aliphatic rings. The van der Waals surface area contributed by atoms with E-state index in [0.717, 1.165) is 45.7 Å². The second kappa shape index (κ2) is 11.9. The Bertz CT molecular complexity index is 1640. The van der Waals surface area contributed by atoms with Crippen molar-refractivity contribution in [3.63, 3.8) is 0 Å². The number of rotatable bonds is 8. The van der Waals surface area contributed by atoms with E-state index < -0.39 is 0 Å². The van der Waals surface area contributed by atoms with Gasteiger partial charge in [0.05, 0.1) is 5.69 Å². The van der Waals surface area contributed by atoms with Crippen LogP contribution in [0.25, 0.3) is 34.1 Å². The van der Waals surface area contributed by atoms with E-state index in [0.29, 0.717) is 5.76 Å². The molecule has 0 spiro atoms. The predicted octanol–water partition coefficient (Wildman–Crippen LogP) is 6.86. The van der Waals surface area contributed by atoms with Gasteiger partial charge in [-0.15, -0.1) is 10.2 Å². The summed E-state index contributed by atoms with van der Waals surface area (Å²) in [7, 11) is 0. The number of furan rings is 1.